The smallest absolute Gasteiger partial charge is 0.321 e. The fraction of sp³-hybridized carbons (Fsp3) is 0.294. The van der Waals surface area contributed by atoms with E-state index in [1.54, 1.807) is 28.1 Å². The number of rotatable bonds is 2. The maximum atomic E-state index is 12.4. The molecule has 0 unspecified atom stereocenters. The number of halogens is 2. The van der Waals surface area contributed by atoms with Gasteiger partial charge in [0.05, 0.1) is 5.02 Å². The number of carbonyl (C=O) groups is 2. The van der Waals surface area contributed by atoms with E-state index in [1.807, 2.05) is 19.1 Å². The van der Waals surface area contributed by atoms with Crippen molar-refractivity contribution >= 4 is 40.8 Å². The number of aromatic nitrogens is 1. The van der Waals surface area contributed by atoms with Gasteiger partial charge < -0.3 is 20.1 Å². The lowest BCUT2D eigenvalue weighted by Crippen LogP contribution is -2.51. The Balaban J connectivity index is 1.55. The van der Waals surface area contributed by atoms with Crippen LogP contribution >= 0.6 is 23.2 Å². The molecule has 2 heterocycles. The summed E-state index contributed by atoms with van der Waals surface area (Å²) in [5.41, 5.74) is 2.06. The van der Waals surface area contributed by atoms with Gasteiger partial charge in [0.2, 0.25) is 0 Å². The van der Waals surface area contributed by atoms with Crippen LogP contribution in [0, 0.1) is 6.92 Å². The number of carbonyl (C=O) groups excluding carboxylic acids is 2. The molecule has 25 heavy (non-hydrogen) atoms. The molecule has 132 valence electrons. The number of hydrogen-bond acceptors (Lipinski definition) is 2. The second kappa shape index (κ2) is 7.37. The van der Waals surface area contributed by atoms with Crippen LogP contribution in [0.5, 0.6) is 0 Å². The standard InChI is InChI=1S/C17H18Cl2N4O2/c1-11-2-3-13(9-14(11)19)21-17(25)23-6-4-22(5-7-23)16(24)15-8-12(18)10-20-15/h2-3,8-10,20H,4-7H2,1H3,(H,21,25). The minimum atomic E-state index is -0.199. The fourth-order valence-electron chi connectivity index (χ4n) is 2.65. The lowest BCUT2D eigenvalue weighted by molar-refractivity contribution is 0.0666. The topological polar surface area (TPSA) is 68.4 Å². The van der Waals surface area contributed by atoms with E-state index in [0.29, 0.717) is 47.6 Å². The monoisotopic (exact) mass is 380 g/mol. The van der Waals surface area contributed by atoms with Crippen LogP contribution in [0.2, 0.25) is 10.0 Å². The molecule has 0 spiro atoms. The SMILES string of the molecule is Cc1ccc(NC(=O)N2CCN(C(=O)c3cc(Cl)c[nH]3)CC2)cc1Cl. The van der Waals surface area contributed by atoms with Gasteiger partial charge in [0, 0.05) is 43.1 Å². The first-order valence-corrected chi connectivity index (χ1v) is 8.65. The van der Waals surface area contributed by atoms with Gasteiger partial charge in [-0.25, -0.2) is 4.79 Å². The van der Waals surface area contributed by atoms with Gasteiger partial charge >= 0.3 is 6.03 Å². The maximum Gasteiger partial charge on any atom is 0.321 e. The number of hydrogen-bond donors (Lipinski definition) is 2. The van der Waals surface area contributed by atoms with Crippen molar-refractivity contribution in [3.63, 3.8) is 0 Å². The van der Waals surface area contributed by atoms with Crippen LogP contribution in [0.3, 0.4) is 0 Å². The minimum absolute atomic E-state index is 0.114. The van der Waals surface area contributed by atoms with Crippen molar-refractivity contribution in [3.05, 3.63) is 51.8 Å². The summed E-state index contributed by atoms with van der Waals surface area (Å²) < 4.78 is 0. The van der Waals surface area contributed by atoms with Gasteiger partial charge in [-0.3, -0.25) is 4.79 Å². The molecular weight excluding hydrogens is 363 g/mol. The molecule has 0 aliphatic carbocycles. The Labute approximate surface area is 155 Å². The molecule has 0 radical (unpaired) electrons. The Kier molecular flexibility index (Phi) is 5.20. The van der Waals surface area contributed by atoms with E-state index in [9.17, 15) is 9.59 Å². The third kappa shape index (κ3) is 4.08. The van der Waals surface area contributed by atoms with Crippen molar-refractivity contribution in [2.75, 3.05) is 31.5 Å². The Morgan fingerprint density at radius 1 is 1.08 bits per heavy atom. The molecule has 1 fully saturated rings. The van der Waals surface area contributed by atoms with E-state index >= 15 is 0 Å². The molecule has 0 atom stereocenters. The highest BCUT2D eigenvalue weighted by Gasteiger charge is 2.25. The second-order valence-electron chi connectivity index (χ2n) is 5.90. The Bertz CT molecular complexity index is 798. The third-order valence-corrected chi connectivity index (χ3v) is 4.78. The Morgan fingerprint density at radius 3 is 2.36 bits per heavy atom. The molecule has 2 N–H and O–H groups in total. The molecule has 1 saturated heterocycles. The van der Waals surface area contributed by atoms with Gasteiger partial charge in [0.1, 0.15) is 5.69 Å². The lowest BCUT2D eigenvalue weighted by Gasteiger charge is -2.34. The number of aromatic amines is 1. The third-order valence-electron chi connectivity index (χ3n) is 4.16. The van der Waals surface area contributed by atoms with Gasteiger partial charge in [-0.05, 0) is 30.7 Å². The average Bonchev–Trinajstić information content (AvgIpc) is 3.04. The molecule has 1 aliphatic heterocycles. The number of nitrogens with zero attached hydrogens (tertiary/aromatic N) is 2. The predicted molar refractivity (Wildman–Crippen MR) is 98.5 cm³/mol. The van der Waals surface area contributed by atoms with Crippen molar-refractivity contribution in [3.8, 4) is 0 Å². The highest BCUT2D eigenvalue weighted by atomic mass is 35.5. The molecule has 6 nitrogen and oxygen atoms in total. The number of piperazine rings is 1. The van der Waals surface area contributed by atoms with Gasteiger partial charge in [-0.15, -0.1) is 0 Å². The van der Waals surface area contributed by atoms with Crippen molar-refractivity contribution in [2.45, 2.75) is 6.92 Å². The molecule has 8 heteroatoms. The van der Waals surface area contributed by atoms with Crippen LogP contribution < -0.4 is 5.32 Å². The van der Waals surface area contributed by atoms with Crippen molar-refractivity contribution in [2.24, 2.45) is 0 Å². The number of H-pyrrole nitrogens is 1. The molecule has 1 aliphatic rings. The van der Waals surface area contributed by atoms with E-state index in [4.69, 9.17) is 23.2 Å². The zero-order chi connectivity index (χ0) is 18.0. The number of benzene rings is 1. The van der Waals surface area contributed by atoms with Gasteiger partial charge in [-0.1, -0.05) is 29.3 Å². The zero-order valence-electron chi connectivity index (χ0n) is 13.7. The number of amides is 3. The summed E-state index contributed by atoms with van der Waals surface area (Å²) in [6.45, 7) is 3.77. The summed E-state index contributed by atoms with van der Waals surface area (Å²) in [6.07, 6.45) is 1.57. The maximum absolute atomic E-state index is 12.4. The van der Waals surface area contributed by atoms with Gasteiger partial charge in [-0.2, -0.15) is 0 Å². The van der Waals surface area contributed by atoms with Crippen molar-refractivity contribution in [1.82, 2.24) is 14.8 Å². The molecule has 2 aromatic rings. The predicted octanol–water partition coefficient (Wildman–Crippen LogP) is 3.62. The number of nitrogens with one attached hydrogen (secondary N) is 2. The van der Waals surface area contributed by atoms with E-state index in [1.165, 1.54) is 0 Å². The van der Waals surface area contributed by atoms with Crippen LogP contribution in [-0.2, 0) is 0 Å². The summed E-state index contributed by atoms with van der Waals surface area (Å²) >= 11 is 11.9. The van der Waals surface area contributed by atoms with Crippen LogP contribution in [0.1, 0.15) is 16.1 Å². The van der Waals surface area contributed by atoms with Crippen LogP contribution in [0.25, 0.3) is 0 Å². The van der Waals surface area contributed by atoms with E-state index in [0.717, 1.165) is 5.56 Å². The van der Waals surface area contributed by atoms with Crippen molar-refractivity contribution < 1.29 is 9.59 Å². The molecular formula is C17H18Cl2N4O2. The normalized spacial score (nSPS) is 14.5. The highest BCUT2D eigenvalue weighted by molar-refractivity contribution is 6.31. The Morgan fingerprint density at radius 2 is 1.76 bits per heavy atom. The number of aryl methyl sites for hydroxylation is 1. The quantitative estimate of drug-likeness (QED) is 0.835. The first kappa shape index (κ1) is 17.6. The summed E-state index contributed by atoms with van der Waals surface area (Å²) in [5.74, 6) is -0.114. The van der Waals surface area contributed by atoms with Crippen molar-refractivity contribution in [1.29, 1.82) is 0 Å². The molecule has 1 aromatic heterocycles. The molecule has 1 aromatic carbocycles. The summed E-state index contributed by atoms with van der Waals surface area (Å²) in [7, 11) is 0. The highest BCUT2D eigenvalue weighted by Crippen LogP contribution is 2.20. The van der Waals surface area contributed by atoms with E-state index in [-0.39, 0.29) is 11.9 Å². The molecule has 0 saturated carbocycles. The summed E-state index contributed by atoms with van der Waals surface area (Å²) in [4.78, 5) is 30.9. The second-order valence-corrected chi connectivity index (χ2v) is 6.75. The average molecular weight is 381 g/mol. The van der Waals surface area contributed by atoms with Crippen LogP contribution in [0.4, 0.5) is 10.5 Å². The minimum Gasteiger partial charge on any atom is -0.356 e. The first-order valence-electron chi connectivity index (χ1n) is 7.89. The van der Waals surface area contributed by atoms with Gasteiger partial charge in [0.15, 0.2) is 0 Å². The first-order chi connectivity index (χ1) is 11.9. The molecule has 3 rings (SSSR count). The Hall–Kier alpha value is -2.18. The lowest BCUT2D eigenvalue weighted by atomic mass is 10.2. The van der Waals surface area contributed by atoms with E-state index < -0.39 is 0 Å². The summed E-state index contributed by atoms with van der Waals surface area (Å²) in [5, 5.41) is 3.94. The van der Waals surface area contributed by atoms with E-state index in [2.05, 4.69) is 10.3 Å². The number of anilines is 1. The van der Waals surface area contributed by atoms with Crippen LogP contribution in [0.15, 0.2) is 30.5 Å². The fourth-order valence-corrected chi connectivity index (χ4v) is 2.99. The summed E-state index contributed by atoms with van der Waals surface area (Å²) in [6, 6.07) is 6.80. The largest absolute Gasteiger partial charge is 0.356 e. The van der Waals surface area contributed by atoms with Gasteiger partial charge in [0.25, 0.3) is 5.91 Å². The molecule has 0 bridgehead atoms. The molecule has 3 amide bonds. The zero-order valence-corrected chi connectivity index (χ0v) is 15.2. The number of urea groups is 1. The van der Waals surface area contributed by atoms with Crippen LogP contribution in [-0.4, -0.2) is 52.9 Å².